The van der Waals surface area contributed by atoms with Crippen molar-refractivity contribution in [3.05, 3.63) is 58.1 Å². The third kappa shape index (κ3) is 3.87. The topological polar surface area (TPSA) is 106 Å². The summed E-state index contributed by atoms with van der Waals surface area (Å²) in [5, 5.41) is 24.0. The number of hydrogen-bond acceptors (Lipinski definition) is 8. The molecule has 0 aliphatic carbocycles. The lowest BCUT2D eigenvalue weighted by Gasteiger charge is -2.18. The Balaban J connectivity index is 1.79. The standard InChI is InChI=1S/C17H12Cl4N8O2/c1-30-13-5-3-9(7-11(13)18)28-15(22-24-26-28)17(20,21)16-23-25-27-29(16)10-4-6-14(31-2)12(19)8-10/h3-8H,1-2H3. The van der Waals surface area contributed by atoms with Crippen LogP contribution >= 0.6 is 46.4 Å². The molecule has 160 valence electrons. The second kappa shape index (κ2) is 8.46. The maximum atomic E-state index is 6.70. The fraction of sp³-hybridized carbons (Fsp3) is 0.176. The molecule has 4 aromatic rings. The molecule has 0 spiro atoms. The SMILES string of the molecule is COc1ccc(-n2nnnc2C(Cl)(Cl)c2nnnn2-c2ccc(OC)c(Cl)c2)cc1Cl. The molecular weight excluding hydrogens is 490 g/mol. The fourth-order valence-corrected chi connectivity index (χ4v) is 3.76. The number of ether oxygens (including phenoxy) is 2. The van der Waals surface area contributed by atoms with Gasteiger partial charge in [-0.15, -0.1) is 10.2 Å². The van der Waals surface area contributed by atoms with Crippen LogP contribution in [0.5, 0.6) is 11.5 Å². The Morgan fingerprint density at radius 2 is 1.16 bits per heavy atom. The molecule has 0 aliphatic heterocycles. The fourth-order valence-electron chi connectivity index (χ4n) is 2.79. The number of rotatable bonds is 6. The summed E-state index contributed by atoms with van der Waals surface area (Å²) in [7, 11) is 3.02. The molecule has 2 aromatic carbocycles. The lowest BCUT2D eigenvalue weighted by Crippen LogP contribution is -2.24. The predicted molar refractivity (Wildman–Crippen MR) is 114 cm³/mol. The van der Waals surface area contributed by atoms with E-state index < -0.39 is 4.33 Å². The summed E-state index contributed by atoms with van der Waals surface area (Å²) < 4.78 is 11.1. The van der Waals surface area contributed by atoms with Crippen LogP contribution in [0.4, 0.5) is 0 Å². The van der Waals surface area contributed by atoms with E-state index in [1.165, 1.54) is 23.6 Å². The van der Waals surface area contributed by atoms with Gasteiger partial charge in [-0.05, 0) is 57.3 Å². The molecule has 0 radical (unpaired) electrons. The maximum Gasteiger partial charge on any atom is 0.240 e. The molecule has 0 saturated heterocycles. The maximum absolute atomic E-state index is 6.70. The largest absolute Gasteiger partial charge is 0.495 e. The zero-order valence-corrected chi connectivity index (χ0v) is 18.9. The van der Waals surface area contributed by atoms with Crippen molar-refractivity contribution in [3.63, 3.8) is 0 Å². The second-order valence-electron chi connectivity index (χ2n) is 6.04. The van der Waals surface area contributed by atoms with Crippen molar-refractivity contribution in [2.75, 3.05) is 14.2 Å². The lowest BCUT2D eigenvalue weighted by atomic mass is 10.2. The van der Waals surface area contributed by atoms with Gasteiger partial charge >= 0.3 is 0 Å². The zero-order valence-electron chi connectivity index (χ0n) is 15.9. The number of methoxy groups -OCH3 is 2. The van der Waals surface area contributed by atoms with Crippen molar-refractivity contribution in [3.8, 4) is 22.9 Å². The van der Waals surface area contributed by atoms with Crippen LogP contribution in [-0.4, -0.2) is 54.6 Å². The summed E-state index contributed by atoms with van der Waals surface area (Å²) in [6.45, 7) is 0. The monoisotopic (exact) mass is 500 g/mol. The molecule has 31 heavy (non-hydrogen) atoms. The first-order valence-electron chi connectivity index (χ1n) is 8.50. The van der Waals surface area contributed by atoms with Gasteiger partial charge in [0.2, 0.25) is 16.0 Å². The van der Waals surface area contributed by atoms with Crippen molar-refractivity contribution < 1.29 is 9.47 Å². The van der Waals surface area contributed by atoms with E-state index in [-0.39, 0.29) is 11.6 Å². The molecule has 0 amide bonds. The van der Waals surface area contributed by atoms with Crippen LogP contribution in [-0.2, 0) is 4.33 Å². The van der Waals surface area contributed by atoms with E-state index >= 15 is 0 Å². The molecule has 2 heterocycles. The molecule has 0 atom stereocenters. The van der Waals surface area contributed by atoms with Gasteiger partial charge in [0.1, 0.15) is 11.5 Å². The highest BCUT2D eigenvalue weighted by Crippen LogP contribution is 2.40. The minimum atomic E-state index is -1.84. The van der Waals surface area contributed by atoms with Crippen LogP contribution in [0.1, 0.15) is 11.6 Å². The number of aromatic nitrogens is 8. The molecule has 0 fully saturated rings. The van der Waals surface area contributed by atoms with E-state index in [9.17, 15) is 0 Å². The van der Waals surface area contributed by atoms with Crippen molar-refractivity contribution in [2.45, 2.75) is 4.33 Å². The molecule has 10 nitrogen and oxygen atoms in total. The van der Waals surface area contributed by atoms with Crippen molar-refractivity contribution in [1.29, 1.82) is 0 Å². The lowest BCUT2D eigenvalue weighted by molar-refractivity contribution is 0.415. The van der Waals surface area contributed by atoms with Gasteiger partial charge < -0.3 is 9.47 Å². The predicted octanol–water partition coefficient (Wildman–Crippen LogP) is 3.64. The first-order chi connectivity index (χ1) is 14.9. The van der Waals surface area contributed by atoms with Crippen LogP contribution in [0.15, 0.2) is 36.4 Å². The summed E-state index contributed by atoms with van der Waals surface area (Å²) in [6, 6.07) is 9.93. The Kier molecular flexibility index (Phi) is 5.89. The van der Waals surface area contributed by atoms with Gasteiger partial charge in [-0.3, -0.25) is 0 Å². The normalized spacial score (nSPS) is 11.5. The average Bonchev–Trinajstić information content (AvgIpc) is 3.44. The van der Waals surface area contributed by atoms with Crippen molar-refractivity contribution in [1.82, 2.24) is 40.4 Å². The smallest absolute Gasteiger partial charge is 0.240 e. The number of alkyl halides is 2. The van der Waals surface area contributed by atoms with E-state index in [1.54, 1.807) is 36.4 Å². The molecular formula is C17H12Cl4N8O2. The van der Waals surface area contributed by atoms with Gasteiger partial charge in [-0.1, -0.05) is 46.4 Å². The van der Waals surface area contributed by atoms with Gasteiger partial charge in [0.05, 0.1) is 35.6 Å². The van der Waals surface area contributed by atoms with Crippen LogP contribution in [0.3, 0.4) is 0 Å². The molecule has 0 unspecified atom stereocenters. The first-order valence-corrected chi connectivity index (χ1v) is 10.0. The summed E-state index contributed by atoms with van der Waals surface area (Å²) >= 11 is 25.9. The van der Waals surface area contributed by atoms with Crippen molar-refractivity contribution >= 4 is 46.4 Å². The van der Waals surface area contributed by atoms with Crippen LogP contribution in [0.2, 0.25) is 10.0 Å². The summed E-state index contributed by atoms with van der Waals surface area (Å²) in [5.74, 6) is 1.08. The minimum Gasteiger partial charge on any atom is -0.495 e. The van der Waals surface area contributed by atoms with Gasteiger partial charge in [-0.25, -0.2) is 0 Å². The summed E-state index contributed by atoms with van der Waals surface area (Å²) in [4.78, 5) is 0. The highest BCUT2D eigenvalue weighted by Gasteiger charge is 2.42. The summed E-state index contributed by atoms with van der Waals surface area (Å²) in [5.41, 5.74) is 1.01. The van der Waals surface area contributed by atoms with Crippen molar-refractivity contribution in [2.24, 2.45) is 0 Å². The molecule has 0 bridgehead atoms. The highest BCUT2D eigenvalue weighted by molar-refractivity contribution is 6.49. The van der Waals surface area contributed by atoms with E-state index in [2.05, 4.69) is 31.1 Å². The Morgan fingerprint density at radius 3 is 1.52 bits per heavy atom. The number of tetrazole rings is 2. The Labute approximate surface area is 195 Å². The van der Waals surface area contributed by atoms with E-state index in [0.29, 0.717) is 32.9 Å². The number of benzene rings is 2. The van der Waals surface area contributed by atoms with E-state index in [1.807, 2.05) is 0 Å². The number of nitrogens with zero attached hydrogens (tertiary/aromatic N) is 8. The van der Waals surface area contributed by atoms with E-state index in [0.717, 1.165) is 0 Å². The van der Waals surface area contributed by atoms with Gasteiger partial charge in [0, 0.05) is 0 Å². The molecule has 14 heteroatoms. The average molecular weight is 502 g/mol. The van der Waals surface area contributed by atoms with Crippen LogP contribution in [0, 0.1) is 0 Å². The van der Waals surface area contributed by atoms with Gasteiger partial charge in [0.15, 0.2) is 0 Å². The second-order valence-corrected chi connectivity index (χ2v) is 8.18. The highest BCUT2D eigenvalue weighted by atomic mass is 35.5. The number of hydrogen-bond donors (Lipinski definition) is 0. The third-order valence-corrected chi connectivity index (χ3v) is 5.53. The molecule has 0 saturated carbocycles. The number of halogens is 4. The third-order valence-electron chi connectivity index (χ3n) is 4.26. The minimum absolute atomic E-state index is 0.0488. The van der Waals surface area contributed by atoms with Crippen LogP contribution < -0.4 is 9.47 Å². The molecule has 0 N–H and O–H groups in total. The first kappa shape index (κ1) is 21.6. The van der Waals surface area contributed by atoms with Gasteiger partial charge in [0.25, 0.3) is 0 Å². The van der Waals surface area contributed by atoms with Crippen LogP contribution in [0.25, 0.3) is 11.4 Å². The Bertz CT molecular complexity index is 1150. The molecule has 2 aromatic heterocycles. The zero-order chi connectivity index (χ0) is 22.2. The quantitative estimate of drug-likeness (QED) is 0.368. The molecule has 4 rings (SSSR count). The Hall–Kier alpha value is -2.66. The summed E-state index contributed by atoms with van der Waals surface area (Å²) in [6.07, 6.45) is 0. The van der Waals surface area contributed by atoms with E-state index in [4.69, 9.17) is 55.9 Å². The Morgan fingerprint density at radius 1 is 0.742 bits per heavy atom. The van der Waals surface area contributed by atoms with Gasteiger partial charge in [-0.2, -0.15) is 9.36 Å². The molecule has 0 aliphatic rings.